The number of thioether (sulfide) groups is 1. The Balaban J connectivity index is 1.63. The van der Waals surface area contributed by atoms with E-state index in [1.54, 1.807) is 4.90 Å². The Morgan fingerprint density at radius 2 is 1.94 bits per heavy atom. The van der Waals surface area contributed by atoms with E-state index in [-0.39, 0.29) is 23.6 Å². The second kappa shape index (κ2) is 8.07. The predicted molar refractivity (Wildman–Crippen MR) is 119 cm³/mol. The molecule has 0 aromatic heterocycles. The van der Waals surface area contributed by atoms with Gasteiger partial charge < -0.3 is 15.0 Å². The summed E-state index contributed by atoms with van der Waals surface area (Å²) in [7, 11) is 0. The van der Waals surface area contributed by atoms with Gasteiger partial charge in [-0.3, -0.25) is 14.4 Å². The highest BCUT2D eigenvalue weighted by molar-refractivity contribution is 8.15. The average Bonchev–Trinajstić information content (AvgIpc) is 3.20. The number of aryl methyl sites for hydroxylation is 1. The molecule has 2 aromatic carbocycles. The van der Waals surface area contributed by atoms with Crippen molar-refractivity contribution in [3.63, 3.8) is 0 Å². The van der Waals surface area contributed by atoms with Crippen LogP contribution in [0.4, 0.5) is 5.69 Å². The van der Waals surface area contributed by atoms with E-state index in [2.05, 4.69) is 10.4 Å². The van der Waals surface area contributed by atoms with Crippen molar-refractivity contribution >= 4 is 40.3 Å². The van der Waals surface area contributed by atoms with Gasteiger partial charge in [0.15, 0.2) is 5.17 Å². The fraction of sp³-hybridized carbons (Fsp3) is 0.273. The largest absolute Gasteiger partial charge is 0.492 e. The smallest absolute Gasteiger partial charge is 0.270 e. The van der Waals surface area contributed by atoms with Crippen molar-refractivity contribution in [1.82, 2.24) is 10.3 Å². The summed E-state index contributed by atoms with van der Waals surface area (Å²) in [5.41, 5.74) is 2.43. The molecule has 0 fully saturated rings. The highest BCUT2D eigenvalue weighted by atomic mass is 32.2. The first kappa shape index (κ1) is 20.9. The van der Waals surface area contributed by atoms with E-state index in [4.69, 9.17) is 4.74 Å². The third-order valence-corrected chi connectivity index (χ3v) is 6.22. The molecule has 3 amide bonds. The number of hydrogen-bond acceptors (Lipinski definition) is 6. The summed E-state index contributed by atoms with van der Waals surface area (Å²) in [5, 5.41) is 8.21. The van der Waals surface area contributed by atoms with Crippen LogP contribution < -0.4 is 15.0 Å². The molecule has 9 heteroatoms. The number of amidine groups is 1. The maximum atomic E-state index is 13.7. The molecule has 0 saturated heterocycles. The molecule has 1 atom stereocenters. The molecule has 0 aliphatic carbocycles. The highest BCUT2D eigenvalue weighted by Gasteiger charge is 2.61. The number of benzene rings is 2. The summed E-state index contributed by atoms with van der Waals surface area (Å²) in [4.78, 5) is 37.9. The number of nitrogens with zero attached hydrogens (tertiary/aromatic N) is 3. The van der Waals surface area contributed by atoms with Crippen LogP contribution in [0.2, 0.25) is 0 Å². The van der Waals surface area contributed by atoms with Crippen LogP contribution in [0.5, 0.6) is 5.75 Å². The monoisotopic (exact) mass is 438 g/mol. The van der Waals surface area contributed by atoms with Gasteiger partial charge in [-0.15, -0.1) is 5.10 Å². The summed E-state index contributed by atoms with van der Waals surface area (Å²) >= 11 is 1.06. The fourth-order valence-corrected chi connectivity index (χ4v) is 5.08. The molecule has 0 bridgehead atoms. The van der Waals surface area contributed by atoms with E-state index in [0.717, 1.165) is 28.1 Å². The number of rotatable bonds is 4. The van der Waals surface area contributed by atoms with Crippen LogP contribution in [0.1, 0.15) is 25.0 Å². The van der Waals surface area contributed by atoms with E-state index in [0.29, 0.717) is 17.8 Å². The Labute approximate surface area is 184 Å². The molecule has 8 nitrogen and oxygen atoms in total. The van der Waals surface area contributed by atoms with Crippen molar-refractivity contribution < 1.29 is 19.1 Å². The summed E-state index contributed by atoms with van der Waals surface area (Å²) in [6.45, 7) is 5.27. The summed E-state index contributed by atoms with van der Waals surface area (Å²) in [6.07, 6.45) is 0. The van der Waals surface area contributed by atoms with Gasteiger partial charge in [0.25, 0.3) is 5.91 Å². The number of anilines is 1. The first-order chi connectivity index (χ1) is 14.8. The number of ether oxygens (including phenoxy) is 1. The quantitative estimate of drug-likeness (QED) is 0.792. The van der Waals surface area contributed by atoms with Crippen molar-refractivity contribution in [3.05, 3.63) is 59.7 Å². The van der Waals surface area contributed by atoms with Crippen LogP contribution in [0.15, 0.2) is 53.6 Å². The third-order valence-electron chi connectivity index (χ3n) is 4.98. The Morgan fingerprint density at radius 3 is 2.65 bits per heavy atom. The lowest BCUT2D eigenvalue weighted by atomic mass is 10.1. The molecular weight excluding hydrogens is 416 g/mol. The number of para-hydroxylation sites is 1. The van der Waals surface area contributed by atoms with Crippen molar-refractivity contribution in [2.24, 2.45) is 5.10 Å². The fourth-order valence-electron chi connectivity index (χ4n) is 3.75. The molecule has 31 heavy (non-hydrogen) atoms. The second-order valence-corrected chi connectivity index (χ2v) is 8.48. The number of amides is 3. The van der Waals surface area contributed by atoms with Crippen molar-refractivity contribution in [3.8, 4) is 5.75 Å². The maximum Gasteiger partial charge on any atom is 0.270 e. The van der Waals surface area contributed by atoms with Gasteiger partial charge in [0.05, 0.1) is 12.2 Å². The van der Waals surface area contributed by atoms with Crippen LogP contribution >= 0.6 is 11.8 Å². The van der Waals surface area contributed by atoms with E-state index < -0.39 is 10.8 Å². The highest BCUT2D eigenvalue weighted by Crippen LogP contribution is 2.54. The van der Waals surface area contributed by atoms with Crippen molar-refractivity contribution in [2.45, 2.75) is 25.6 Å². The average molecular weight is 439 g/mol. The minimum absolute atomic E-state index is 0.212. The molecule has 0 saturated carbocycles. The lowest BCUT2D eigenvalue weighted by Gasteiger charge is -2.29. The van der Waals surface area contributed by atoms with E-state index in [1.807, 2.05) is 55.5 Å². The lowest BCUT2D eigenvalue weighted by molar-refractivity contribution is -0.139. The van der Waals surface area contributed by atoms with E-state index in [1.165, 1.54) is 13.8 Å². The molecule has 2 aliphatic heterocycles. The third kappa shape index (κ3) is 3.65. The molecule has 4 rings (SSSR count). The van der Waals surface area contributed by atoms with Crippen LogP contribution in [-0.2, 0) is 19.3 Å². The molecule has 2 heterocycles. The first-order valence-corrected chi connectivity index (χ1v) is 10.6. The first-order valence-electron chi connectivity index (χ1n) is 9.80. The van der Waals surface area contributed by atoms with Gasteiger partial charge in [-0.25, -0.2) is 0 Å². The van der Waals surface area contributed by atoms with Crippen LogP contribution in [0.25, 0.3) is 0 Å². The number of carbonyl (C=O) groups excluding carboxylic acids is 3. The van der Waals surface area contributed by atoms with Gasteiger partial charge in [0.2, 0.25) is 16.7 Å². The Kier molecular flexibility index (Phi) is 5.45. The van der Waals surface area contributed by atoms with Gasteiger partial charge in [0, 0.05) is 19.4 Å². The SMILES string of the molecule is CC(=O)NC1=NN(C(C)=O)[C@]2(S1)C(=O)N(CCOc1cccc(C)c1)c1ccccc12. The van der Waals surface area contributed by atoms with Crippen LogP contribution in [0, 0.1) is 6.92 Å². The minimum atomic E-state index is -1.39. The lowest BCUT2D eigenvalue weighted by Crippen LogP contribution is -2.49. The molecular formula is C22H22N4O4S. The van der Waals surface area contributed by atoms with E-state index in [9.17, 15) is 14.4 Å². The second-order valence-electron chi connectivity index (χ2n) is 7.30. The Morgan fingerprint density at radius 1 is 1.16 bits per heavy atom. The van der Waals surface area contributed by atoms with Crippen LogP contribution in [-0.4, -0.2) is 41.0 Å². The van der Waals surface area contributed by atoms with Gasteiger partial charge in [-0.2, -0.15) is 5.01 Å². The Bertz CT molecular complexity index is 1100. The number of hydrazone groups is 1. The number of fused-ring (bicyclic) bond motifs is 2. The zero-order valence-corrected chi connectivity index (χ0v) is 18.2. The normalized spacial score (nSPS) is 19.5. The summed E-state index contributed by atoms with van der Waals surface area (Å²) < 4.78 is 5.84. The van der Waals surface area contributed by atoms with E-state index >= 15 is 0 Å². The number of nitrogens with one attached hydrogen (secondary N) is 1. The molecule has 0 unspecified atom stereocenters. The van der Waals surface area contributed by atoms with Crippen molar-refractivity contribution in [2.75, 3.05) is 18.1 Å². The van der Waals surface area contributed by atoms with Crippen LogP contribution in [0.3, 0.4) is 0 Å². The van der Waals surface area contributed by atoms with Gasteiger partial charge in [-0.05, 0) is 42.4 Å². The van der Waals surface area contributed by atoms with Crippen molar-refractivity contribution in [1.29, 1.82) is 0 Å². The molecule has 1 N–H and O–H groups in total. The van der Waals surface area contributed by atoms with Gasteiger partial charge in [-0.1, -0.05) is 30.3 Å². The number of hydrogen-bond donors (Lipinski definition) is 1. The van der Waals surface area contributed by atoms with Gasteiger partial charge >= 0.3 is 0 Å². The number of carbonyl (C=O) groups is 3. The summed E-state index contributed by atoms with van der Waals surface area (Å²) in [6, 6.07) is 15.0. The minimum Gasteiger partial charge on any atom is -0.492 e. The van der Waals surface area contributed by atoms with Gasteiger partial charge in [0.1, 0.15) is 12.4 Å². The molecule has 1 spiro atoms. The summed E-state index contributed by atoms with van der Waals surface area (Å²) in [5.74, 6) is -0.292. The molecule has 160 valence electrons. The molecule has 2 aliphatic rings. The maximum absolute atomic E-state index is 13.7. The topological polar surface area (TPSA) is 91.3 Å². The molecule has 0 radical (unpaired) electrons. The predicted octanol–water partition coefficient (Wildman–Crippen LogP) is 2.58. The zero-order chi connectivity index (χ0) is 22.2. The zero-order valence-electron chi connectivity index (χ0n) is 17.4. The Hall–Kier alpha value is -3.33. The standard InChI is InChI=1S/C22H22N4O4S/c1-14-7-6-8-17(13-14)30-12-11-25-19-10-5-4-9-18(19)22(20(25)29)26(16(3)28)24-21(31-22)23-15(2)27/h4-10,13H,11-12H2,1-3H3,(H,23,24,27)/t22-/m1/s1. The molecule has 2 aromatic rings.